The number of hydrogen-bond acceptors (Lipinski definition) is 5. The van der Waals surface area contributed by atoms with Crippen LogP contribution in [-0.2, 0) is 4.79 Å². The second-order valence-electron chi connectivity index (χ2n) is 7.66. The minimum atomic E-state index is -0.0201. The molecule has 2 aromatic rings. The summed E-state index contributed by atoms with van der Waals surface area (Å²) in [5.41, 5.74) is 2.72. The summed E-state index contributed by atoms with van der Waals surface area (Å²) in [5.74, 6) is 2.15. The number of nitrogens with one attached hydrogen (secondary N) is 1. The number of halogens is 1. The number of benzene rings is 1. The highest BCUT2D eigenvalue weighted by Crippen LogP contribution is 2.21. The zero-order chi connectivity index (χ0) is 20.3. The summed E-state index contributed by atoms with van der Waals surface area (Å²) in [6.45, 7) is 11.9. The Morgan fingerprint density at radius 1 is 1.14 bits per heavy atom. The molecule has 1 aromatic carbocycles. The summed E-state index contributed by atoms with van der Waals surface area (Å²) in [4.78, 5) is 26.0. The molecule has 0 unspecified atom stereocenters. The molecule has 0 atom stereocenters. The van der Waals surface area contributed by atoms with Crippen molar-refractivity contribution in [3.05, 3.63) is 46.4 Å². The molecule has 1 aliphatic rings. The smallest absolute Gasteiger partial charge is 0.238 e. The monoisotopic (exact) mass is 401 g/mol. The van der Waals surface area contributed by atoms with E-state index in [1.807, 2.05) is 32.0 Å². The van der Waals surface area contributed by atoms with Gasteiger partial charge < -0.3 is 10.2 Å². The van der Waals surface area contributed by atoms with Gasteiger partial charge in [0.2, 0.25) is 5.91 Å². The molecule has 0 spiro atoms. The molecular weight excluding hydrogens is 374 g/mol. The van der Waals surface area contributed by atoms with Crippen LogP contribution >= 0.6 is 11.6 Å². The molecule has 2 heterocycles. The highest BCUT2D eigenvalue weighted by atomic mass is 35.5. The van der Waals surface area contributed by atoms with E-state index in [4.69, 9.17) is 16.6 Å². The highest BCUT2D eigenvalue weighted by molar-refractivity contribution is 6.31. The van der Waals surface area contributed by atoms with E-state index in [1.165, 1.54) is 0 Å². The zero-order valence-electron chi connectivity index (χ0n) is 17.0. The SMILES string of the molecule is Cc1cc(N2CCN(CC(=O)Nc3ccc(C)c(Cl)c3)CC2)nc(C(C)C)n1. The van der Waals surface area contributed by atoms with Gasteiger partial charge in [-0.2, -0.15) is 0 Å². The van der Waals surface area contributed by atoms with Gasteiger partial charge in [-0.05, 0) is 31.5 Å². The summed E-state index contributed by atoms with van der Waals surface area (Å²) in [7, 11) is 0. The van der Waals surface area contributed by atoms with Crippen molar-refractivity contribution >= 4 is 29.0 Å². The Bertz CT molecular complexity index is 847. The van der Waals surface area contributed by atoms with Crippen molar-refractivity contribution in [3.63, 3.8) is 0 Å². The number of amides is 1. The molecule has 28 heavy (non-hydrogen) atoms. The number of anilines is 2. The topological polar surface area (TPSA) is 61.4 Å². The number of carbonyl (C=O) groups is 1. The first-order chi connectivity index (χ1) is 13.3. The minimum Gasteiger partial charge on any atom is -0.354 e. The Balaban J connectivity index is 1.54. The Morgan fingerprint density at radius 3 is 2.50 bits per heavy atom. The second kappa shape index (κ2) is 8.88. The van der Waals surface area contributed by atoms with Gasteiger partial charge in [0, 0.05) is 54.6 Å². The summed E-state index contributed by atoms with van der Waals surface area (Å²) < 4.78 is 0. The van der Waals surface area contributed by atoms with Crippen LogP contribution in [0.3, 0.4) is 0 Å². The number of hydrogen-bond donors (Lipinski definition) is 1. The highest BCUT2D eigenvalue weighted by Gasteiger charge is 2.21. The largest absolute Gasteiger partial charge is 0.354 e. The second-order valence-corrected chi connectivity index (χ2v) is 8.06. The lowest BCUT2D eigenvalue weighted by atomic mass is 10.2. The molecule has 1 N–H and O–H groups in total. The third-order valence-corrected chi connectivity index (χ3v) is 5.30. The summed E-state index contributed by atoms with van der Waals surface area (Å²) in [6, 6.07) is 7.61. The molecule has 0 aliphatic carbocycles. The summed E-state index contributed by atoms with van der Waals surface area (Å²) in [6.07, 6.45) is 0. The Labute approximate surface area is 171 Å². The van der Waals surface area contributed by atoms with E-state index in [1.54, 1.807) is 6.07 Å². The molecule has 1 aliphatic heterocycles. The van der Waals surface area contributed by atoms with E-state index in [0.29, 0.717) is 17.5 Å². The van der Waals surface area contributed by atoms with Crippen LogP contribution in [-0.4, -0.2) is 53.5 Å². The van der Waals surface area contributed by atoms with Crippen LogP contribution in [0.1, 0.15) is 36.8 Å². The Hall–Kier alpha value is -2.18. The van der Waals surface area contributed by atoms with Crippen LogP contribution in [0, 0.1) is 13.8 Å². The normalized spacial score (nSPS) is 15.1. The van der Waals surface area contributed by atoms with Crippen LogP contribution in [0.4, 0.5) is 11.5 Å². The lowest BCUT2D eigenvalue weighted by molar-refractivity contribution is -0.117. The fraction of sp³-hybridized carbons (Fsp3) is 0.476. The van der Waals surface area contributed by atoms with Crippen LogP contribution in [0.25, 0.3) is 0 Å². The third-order valence-electron chi connectivity index (χ3n) is 4.89. The molecule has 3 rings (SSSR count). The minimum absolute atomic E-state index is 0.0201. The quantitative estimate of drug-likeness (QED) is 0.828. The van der Waals surface area contributed by atoms with Crippen LogP contribution in [0.5, 0.6) is 0 Å². The first-order valence-corrected chi connectivity index (χ1v) is 10.1. The van der Waals surface area contributed by atoms with Crippen molar-refractivity contribution in [3.8, 4) is 0 Å². The predicted octanol–water partition coefficient (Wildman–Crippen LogP) is 3.63. The van der Waals surface area contributed by atoms with E-state index < -0.39 is 0 Å². The summed E-state index contributed by atoms with van der Waals surface area (Å²) in [5, 5.41) is 3.59. The molecule has 0 saturated carbocycles. The van der Waals surface area contributed by atoms with Gasteiger partial charge in [0.25, 0.3) is 0 Å². The third kappa shape index (κ3) is 5.20. The molecule has 6 nitrogen and oxygen atoms in total. The zero-order valence-corrected chi connectivity index (χ0v) is 17.8. The number of nitrogens with zero attached hydrogens (tertiary/aromatic N) is 4. The van der Waals surface area contributed by atoms with Gasteiger partial charge in [-0.3, -0.25) is 9.69 Å². The number of rotatable bonds is 5. The lowest BCUT2D eigenvalue weighted by Gasteiger charge is -2.35. The average Bonchev–Trinajstić information content (AvgIpc) is 2.65. The molecule has 1 saturated heterocycles. The van der Waals surface area contributed by atoms with Crippen LogP contribution < -0.4 is 10.2 Å². The van der Waals surface area contributed by atoms with E-state index in [-0.39, 0.29) is 5.91 Å². The number of carbonyl (C=O) groups excluding carboxylic acids is 1. The maximum Gasteiger partial charge on any atom is 0.238 e. The van der Waals surface area contributed by atoms with Crippen molar-refractivity contribution in [2.24, 2.45) is 0 Å². The number of piperazine rings is 1. The van der Waals surface area contributed by atoms with Gasteiger partial charge in [0.05, 0.1) is 6.54 Å². The van der Waals surface area contributed by atoms with E-state index in [0.717, 1.165) is 54.8 Å². The molecule has 0 bridgehead atoms. The van der Waals surface area contributed by atoms with E-state index in [9.17, 15) is 4.79 Å². The first-order valence-electron chi connectivity index (χ1n) is 9.70. The predicted molar refractivity (Wildman–Crippen MR) is 114 cm³/mol. The van der Waals surface area contributed by atoms with E-state index >= 15 is 0 Å². The first kappa shape index (κ1) is 20.6. The molecule has 7 heteroatoms. The summed E-state index contributed by atoms with van der Waals surface area (Å²) >= 11 is 6.13. The lowest BCUT2D eigenvalue weighted by Crippen LogP contribution is -2.49. The maximum atomic E-state index is 12.4. The number of aromatic nitrogens is 2. The number of aryl methyl sites for hydroxylation is 2. The van der Waals surface area contributed by atoms with Gasteiger partial charge in [0.1, 0.15) is 11.6 Å². The molecular formula is C21H28ClN5O. The van der Waals surface area contributed by atoms with E-state index in [2.05, 4.69) is 33.9 Å². The standard InChI is InChI=1S/C21H28ClN5O/c1-14(2)21-23-16(4)11-19(25-21)27-9-7-26(8-10-27)13-20(28)24-17-6-5-15(3)18(22)12-17/h5-6,11-12,14H,7-10,13H2,1-4H3,(H,24,28). The Kier molecular flexibility index (Phi) is 6.52. The van der Waals surface area contributed by atoms with Crippen molar-refractivity contribution in [2.45, 2.75) is 33.6 Å². The van der Waals surface area contributed by atoms with Crippen molar-refractivity contribution in [2.75, 3.05) is 42.9 Å². The molecule has 1 amide bonds. The molecule has 1 aromatic heterocycles. The van der Waals surface area contributed by atoms with Gasteiger partial charge >= 0.3 is 0 Å². The van der Waals surface area contributed by atoms with Gasteiger partial charge in [0.15, 0.2) is 0 Å². The van der Waals surface area contributed by atoms with Crippen molar-refractivity contribution < 1.29 is 4.79 Å². The van der Waals surface area contributed by atoms with Gasteiger partial charge in [-0.15, -0.1) is 0 Å². The van der Waals surface area contributed by atoms with Crippen molar-refractivity contribution in [1.29, 1.82) is 0 Å². The van der Waals surface area contributed by atoms with Crippen LogP contribution in [0.2, 0.25) is 5.02 Å². The molecule has 1 fully saturated rings. The fourth-order valence-corrected chi connectivity index (χ4v) is 3.38. The average molecular weight is 402 g/mol. The Morgan fingerprint density at radius 2 is 1.86 bits per heavy atom. The van der Waals surface area contributed by atoms with Crippen LogP contribution in [0.15, 0.2) is 24.3 Å². The fourth-order valence-electron chi connectivity index (χ4n) is 3.20. The van der Waals surface area contributed by atoms with Gasteiger partial charge in [-0.25, -0.2) is 9.97 Å². The molecule has 0 radical (unpaired) electrons. The van der Waals surface area contributed by atoms with Crippen molar-refractivity contribution in [1.82, 2.24) is 14.9 Å². The molecule has 150 valence electrons. The van der Waals surface area contributed by atoms with Gasteiger partial charge in [-0.1, -0.05) is 31.5 Å². The maximum absolute atomic E-state index is 12.4.